The highest BCUT2D eigenvalue weighted by atomic mass is 16.5. The first kappa shape index (κ1) is 8.87. The second kappa shape index (κ2) is 3.21. The number of nitrogens with one attached hydrogen (secondary N) is 1. The van der Waals surface area contributed by atoms with Gasteiger partial charge in [-0.1, -0.05) is 0 Å². The molecule has 0 atom stereocenters. The number of hydrogen-bond donors (Lipinski definition) is 3. The lowest BCUT2D eigenvalue weighted by molar-refractivity contribution is 0.356. The van der Waals surface area contributed by atoms with Crippen LogP contribution in [0.4, 0.5) is 0 Å². The molecule has 2 rings (SSSR count). The van der Waals surface area contributed by atoms with Gasteiger partial charge in [0.25, 0.3) is 0 Å². The van der Waals surface area contributed by atoms with Gasteiger partial charge in [-0.2, -0.15) is 0 Å². The summed E-state index contributed by atoms with van der Waals surface area (Å²) in [5.41, 5.74) is 6.94. The standard InChI is InChI=1S/C10H12N2O2/c11-10(12)5-7-4-9-6(1-2-14-9)3-8(7)13/h3-4,13H,1-2,5H2,(H3,11,12). The van der Waals surface area contributed by atoms with Gasteiger partial charge in [0.1, 0.15) is 11.5 Å². The number of phenolic OH excluding ortho intramolecular Hbond substituents is 1. The second-order valence-corrected chi connectivity index (χ2v) is 3.39. The molecule has 1 aromatic rings. The molecule has 4 heteroatoms. The van der Waals surface area contributed by atoms with Crippen LogP contribution in [0.15, 0.2) is 12.1 Å². The molecular formula is C10H12N2O2. The molecule has 0 fully saturated rings. The molecule has 0 aromatic heterocycles. The van der Waals surface area contributed by atoms with E-state index in [0.29, 0.717) is 12.2 Å². The predicted molar refractivity (Wildman–Crippen MR) is 52.9 cm³/mol. The molecular weight excluding hydrogens is 180 g/mol. The smallest absolute Gasteiger partial charge is 0.123 e. The van der Waals surface area contributed by atoms with Gasteiger partial charge < -0.3 is 15.6 Å². The monoisotopic (exact) mass is 192 g/mol. The Morgan fingerprint density at radius 2 is 2.36 bits per heavy atom. The Kier molecular flexibility index (Phi) is 2.04. The summed E-state index contributed by atoms with van der Waals surface area (Å²) in [6.45, 7) is 0.665. The maximum Gasteiger partial charge on any atom is 0.123 e. The molecule has 14 heavy (non-hydrogen) atoms. The minimum atomic E-state index is 0.0400. The minimum absolute atomic E-state index is 0.0400. The Balaban J connectivity index is 2.37. The number of aromatic hydroxyl groups is 1. The van der Waals surface area contributed by atoms with Crippen LogP contribution in [0.1, 0.15) is 11.1 Å². The van der Waals surface area contributed by atoms with E-state index in [1.807, 2.05) is 0 Å². The minimum Gasteiger partial charge on any atom is -0.508 e. The Labute approximate surface area is 81.8 Å². The third-order valence-electron chi connectivity index (χ3n) is 2.27. The molecule has 4 nitrogen and oxygen atoms in total. The summed E-state index contributed by atoms with van der Waals surface area (Å²) in [6.07, 6.45) is 1.10. The molecule has 1 aliphatic rings. The van der Waals surface area contributed by atoms with E-state index < -0.39 is 0 Å². The summed E-state index contributed by atoms with van der Waals surface area (Å²) in [4.78, 5) is 0. The van der Waals surface area contributed by atoms with Gasteiger partial charge in [-0.15, -0.1) is 0 Å². The van der Waals surface area contributed by atoms with Crippen molar-refractivity contribution < 1.29 is 9.84 Å². The van der Waals surface area contributed by atoms with Crippen molar-refractivity contribution in [3.8, 4) is 11.5 Å². The number of fused-ring (bicyclic) bond motifs is 1. The maximum absolute atomic E-state index is 9.62. The highest BCUT2D eigenvalue weighted by Gasteiger charge is 2.15. The SMILES string of the molecule is N=C(N)Cc1cc2c(cc1O)CCO2. The lowest BCUT2D eigenvalue weighted by Crippen LogP contribution is -2.12. The zero-order valence-electron chi connectivity index (χ0n) is 7.71. The molecule has 0 aliphatic carbocycles. The van der Waals surface area contributed by atoms with Gasteiger partial charge in [0.05, 0.1) is 12.4 Å². The maximum atomic E-state index is 9.62. The van der Waals surface area contributed by atoms with Crippen molar-refractivity contribution in [2.45, 2.75) is 12.8 Å². The first-order valence-corrected chi connectivity index (χ1v) is 4.47. The van der Waals surface area contributed by atoms with Crippen molar-refractivity contribution in [2.24, 2.45) is 5.73 Å². The Morgan fingerprint density at radius 1 is 1.57 bits per heavy atom. The highest BCUT2D eigenvalue weighted by molar-refractivity contribution is 5.80. The van der Waals surface area contributed by atoms with Crippen molar-refractivity contribution in [3.05, 3.63) is 23.3 Å². The third-order valence-corrected chi connectivity index (χ3v) is 2.27. The predicted octanol–water partition coefficient (Wildman–Crippen LogP) is 0.806. The van der Waals surface area contributed by atoms with Gasteiger partial charge in [0, 0.05) is 24.0 Å². The van der Waals surface area contributed by atoms with E-state index in [1.165, 1.54) is 0 Å². The number of ether oxygens (including phenoxy) is 1. The van der Waals surface area contributed by atoms with Crippen LogP contribution in [0.5, 0.6) is 11.5 Å². The fourth-order valence-electron chi connectivity index (χ4n) is 1.60. The van der Waals surface area contributed by atoms with Crippen molar-refractivity contribution in [1.29, 1.82) is 5.41 Å². The molecule has 1 heterocycles. The Morgan fingerprint density at radius 3 is 3.07 bits per heavy atom. The van der Waals surface area contributed by atoms with Gasteiger partial charge in [-0.25, -0.2) is 0 Å². The van der Waals surface area contributed by atoms with Crippen molar-refractivity contribution >= 4 is 5.84 Å². The van der Waals surface area contributed by atoms with E-state index in [2.05, 4.69) is 0 Å². The van der Waals surface area contributed by atoms with Crippen LogP contribution in [0.25, 0.3) is 0 Å². The van der Waals surface area contributed by atoms with Crippen LogP contribution in [0, 0.1) is 5.41 Å². The van der Waals surface area contributed by atoms with Crippen LogP contribution in [0.3, 0.4) is 0 Å². The van der Waals surface area contributed by atoms with Gasteiger partial charge in [0.2, 0.25) is 0 Å². The van der Waals surface area contributed by atoms with E-state index in [1.54, 1.807) is 12.1 Å². The Hall–Kier alpha value is -1.71. The average molecular weight is 192 g/mol. The van der Waals surface area contributed by atoms with Crippen LogP contribution in [-0.2, 0) is 12.8 Å². The van der Waals surface area contributed by atoms with E-state index in [4.69, 9.17) is 15.9 Å². The van der Waals surface area contributed by atoms with E-state index in [0.717, 1.165) is 17.7 Å². The first-order valence-electron chi connectivity index (χ1n) is 4.47. The highest BCUT2D eigenvalue weighted by Crippen LogP contribution is 2.32. The first-order chi connectivity index (χ1) is 6.66. The van der Waals surface area contributed by atoms with Crippen molar-refractivity contribution in [3.63, 3.8) is 0 Å². The van der Waals surface area contributed by atoms with Crippen molar-refractivity contribution in [2.75, 3.05) is 6.61 Å². The van der Waals surface area contributed by atoms with Crippen LogP contribution >= 0.6 is 0 Å². The molecule has 0 amide bonds. The summed E-state index contributed by atoms with van der Waals surface area (Å²) >= 11 is 0. The largest absolute Gasteiger partial charge is 0.508 e. The molecule has 0 spiro atoms. The molecule has 0 bridgehead atoms. The van der Waals surface area contributed by atoms with E-state index >= 15 is 0 Å². The molecule has 4 N–H and O–H groups in total. The topological polar surface area (TPSA) is 79.3 Å². The molecule has 74 valence electrons. The fourth-order valence-corrected chi connectivity index (χ4v) is 1.60. The molecule has 0 saturated heterocycles. The summed E-state index contributed by atoms with van der Waals surface area (Å²) in [5, 5.41) is 16.8. The van der Waals surface area contributed by atoms with Gasteiger partial charge in [-0.3, -0.25) is 5.41 Å². The lowest BCUT2D eigenvalue weighted by Gasteiger charge is -2.06. The summed E-state index contributed by atoms with van der Waals surface area (Å²) in [6, 6.07) is 3.46. The summed E-state index contributed by atoms with van der Waals surface area (Å²) in [5.74, 6) is 1.04. The Bertz CT molecular complexity index is 388. The quantitative estimate of drug-likeness (QED) is 0.479. The molecule has 1 aromatic carbocycles. The van der Waals surface area contributed by atoms with Crippen LogP contribution < -0.4 is 10.5 Å². The van der Waals surface area contributed by atoms with Crippen LogP contribution in [0.2, 0.25) is 0 Å². The number of nitrogens with two attached hydrogens (primary N) is 1. The molecule has 0 saturated carbocycles. The number of amidine groups is 1. The number of benzene rings is 1. The zero-order valence-corrected chi connectivity index (χ0v) is 7.71. The summed E-state index contributed by atoms with van der Waals surface area (Å²) < 4.78 is 5.35. The summed E-state index contributed by atoms with van der Waals surface area (Å²) in [7, 11) is 0. The zero-order chi connectivity index (χ0) is 10.1. The average Bonchev–Trinajstić information content (AvgIpc) is 2.51. The normalized spacial score (nSPS) is 13.4. The van der Waals surface area contributed by atoms with Gasteiger partial charge >= 0.3 is 0 Å². The molecule has 0 radical (unpaired) electrons. The van der Waals surface area contributed by atoms with E-state index in [9.17, 15) is 5.11 Å². The van der Waals surface area contributed by atoms with Crippen molar-refractivity contribution in [1.82, 2.24) is 0 Å². The number of phenols is 1. The molecule has 0 unspecified atom stereocenters. The lowest BCUT2D eigenvalue weighted by atomic mass is 10.1. The number of rotatable bonds is 2. The van der Waals surface area contributed by atoms with Gasteiger partial charge in [0.15, 0.2) is 0 Å². The molecule has 1 aliphatic heterocycles. The van der Waals surface area contributed by atoms with Crippen LogP contribution in [-0.4, -0.2) is 17.5 Å². The fraction of sp³-hybridized carbons (Fsp3) is 0.300. The third kappa shape index (κ3) is 1.51. The van der Waals surface area contributed by atoms with E-state index in [-0.39, 0.29) is 18.0 Å². The second-order valence-electron chi connectivity index (χ2n) is 3.39. The van der Waals surface area contributed by atoms with Gasteiger partial charge in [-0.05, 0) is 12.1 Å². The number of hydrogen-bond acceptors (Lipinski definition) is 3.